The molecule has 5 nitrogen and oxygen atoms in total. The topological polar surface area (TPSA) is 92.4 Å². The monoisotopic (exact) mass is 332 g/mol. The van der Waals surface area contributed by atoms with E-state index in [1.54, 1.807) is 6.07 Å². The van der Waals surface area contributed by atoms with Crippen LogP contribution >= 0.6 is 11.6 Å². The highest BCUT2D eigenvalue weighted by Crippen LogP contribution is 2.23. The summed E-state index contributed by atoms with van der Waals surface area (Å²) in [7, 11) is 0. The van der Waals surface area contributed by atoms with Gasteiger partial charge in [-0.1, -0.05) is 48.0 Å². The molecule has 0 fully saturated rings. The summed E-state index contributed by atoms with van der Waals surface area (Å²) in [4.78, 5) is 22.0. The number of primary amides is 1. The van der Waals surface area contributed by atoms with Gasteiger partial charge in [0.05, 0.1) is 6.54 Å². The van der Waals surface area contributed by atoms with Crippen molar-refractivity contribution in [3.8, 4) is 11.1 Å². The average Bonchev–Trinajstić information content (AvgIpc) is 2.51. The van der Waals surface area contributed by atoms with Crippen LogP contribution in [0.3, 0.4) is 0 Å². The summed E-state index contributed by atoms with van der Waals surface area (Å²) < 4.78 is 0. The van der Waals surface area contributed by atoms with Crippen LogP contribution in [-0.2, 0) is 16.0 Å². The van der Waals surface area contributed by atoms with E-state index in [9.17, 15) is 14.7 Å². The van der Waals surface area contributed by atoms with Crippen molar-refractivity contribution in [3.05, 3.63) is 59.1 Å². The molecule has 0 aliphatic rings. The second-order valence-electron chi connectivity index (χ2n) is 5.15. The van der Waals surface area contributed by atoms with Gasteiger partial charge >= 0.3 is 5.97 Å². The minimum Gasteiger partial charge on any atom is -0.480 e. The Hall–Kier alpha value is -2.37. The molecule has 0 aromatic heterocycles. The fourth-order valence-corrected chi connectivity index (χ4v) is 2.40. The smallest absolute Gasteiger partial charge is 0.321 e. The standard InChI is InChI=1S/C17H17ClN2O3/c18-14-3-1-2-13(9-14)12-6-4-11(5-7-12)8-15(17(22)23)20-10-16(19)21/h1-7,9,15,20H,8,10H2,(H2,19,21)(H,22,23)/t15-/m0/s1. The van der Waals surface area contributed by atoms with E-state index in [-0.39, 0.29) is 13.0 Å². The van der Waals surface area contributed by atoms with Gasteiger partial charge in [0.2, 0.25) is 5.91 Å². The molecule has 0 aliphatic heterocycles. The van der Waals surface area contributed by atoms with Crippen LogP contribution in [0.5, 0.6) is 0 Å². The van der Waals surface area contributed by atoms with E-state index in [1.165, 1.54) is 0 Å². The maximum atomic E-state index is 11.2. The molecule has 2 rings (SSSR count). The number of carbonyl (C=O) groups is 2. The summed E-state index contributed by atoms with van der Waals surface area (Å²) in [5, 5.41) is 12.5. The predicted molar refractivity (Wildman–Crippen MR) is 89.2 cm³/mol. The molecule has 0 radical (unpaired) electrons. The number of carboxylic acids is 1. The van der Waals surface area contributed by atoms with E-state index in [1.807, 2.05) is 42.5 Å². The number of nitrogens with two attached hydrogens (primary N) is 1. The number of hydrogen-bond donors (Lipinski definition) is 3. The average molecular weight is 333 g/mol. The molecule has 0 aliphatic carbocycles. The minimum atomic E-state index is -1.02. The molecule has 2 aromatic carbocycles. The van der Waals surface area contributed by atoms with Gasteiger partial charge in [-0.05, 0) is 35.2 Å². The molecule has 0 saturated heterocycles. The lowest BCUT2D eigenvalue weighted by Crippen LogP contribution is -2.42. The third kappa shape index (κ3) is 5.09. The van der Waals surface area contributed by atoms with Gasteiger partial charge in [0.15, 0.2) is 0 Å². The van der Waals surface area contributed by atoms with Crippen LogP contribution in [0.15, 0.2) is 48.5 Å². The van der Waals surface area contributed by atoms with E-state index < -0.39 is 17.9 Å². The molecule has 0 saturated carbocycles. The van der Waals surface area contributed by atoms with Crippen molar-refractivity contribution in [2.75, 3.05) is 6.54 Å². The van der Waals surface area contributed by atoms with Gasteiger partial charge in [-0.3, -0.25) is 14.9 Å². The molecular formula is C17H17ClN2O3. The first kappa shape index (κ1) is 17.0. The summed E-state index contributed by atoms with van der Waals surface area (Å²) in [6.45, 7) is -0.169. The molecule has 1 amide bonds. The molecule has 2 aromatic rings. The van der Waals surface area contributed by atoms with Gasteiger partial charge in [0.1, 0.15) is 6.04 Å². The number of halogens is 1. The van der Waals surface area contributed by atoms with E-state index in [0.717, 1.165) is 16.7 Å². The normalized spacial score (nSPS) is 11.9. The van der Waals surface area contributed by atoms with Crippen molar-refractivity contribution < 1.29 is 14.7 Å². The van der Waals surface area contributed by atoms with Crippen LogP contribution in [0, 0.1) is 0 Å². The minimum absolute atomic E-state index is 0.169. The Labute approximate surface area is 139 Å². The molecule has 0 spiro atoms. The Balaban J connectivity index is 2.09. The Morgan fingerprint density at radius 2 is 1.83 bits per heavy atom. The number of benzene rings is 2. The van der Waals surface area contributed by atoms with Crippen LogP contribution in [0.2, 0.25) is 5.02 Å². The molecule has 1 atom stereocenters. The fraction of sp³-hybridized carbons (Fsp3) is 0.176. The molecule has 0 unspecified atom stereocenters. The van der Waals surface area contributed by atoms with Crippen molar-refractivity contribution in [2.45, 2.75) is 12.5 Å². The second kappa shape index (κ2) is 7.76. The Morgan fingerprint density at radius 1 is 1.13 bits per heavy atom. The number of amides is 1. The van der Waals surface area contributed by atoms with E-state index in [2.05, 4.69) is 5.32 Å². The SMILES string of the molecule is NC(=O)CN[C@@H](Cc1ccc(-c2cccc(Cl)c2)cc1)C(=O)O. The lowest BCUT2D eigenvalue weighted by Gasteiger charge is -2.13. The van der Waals surface area contributed by atoms with Gasteiger partial charge in [-0.15, -0.1) is 0 Å². The lowest BCUT2D eigenvalue weighted by molar-refractivity contribution is -0.139. The first-order valence-corrected chi connectivity index (χ1v) is 7.43. The van der Waals surface area contributed by atoms with E-state index in [0.29, 0.717) is 5.02 Å². The highest BCUT2D eigenvalue weighted by molar-refractivity contribution is 6.30. The van der Waals surface area contributed by atoms with Crippen molar-refractivity contribution in [1.82, 2.24) is 5.32 Å². The summed E-state index contributed by atoms with van der Waals surface area (Å²) in [5.41, 5.74) is 7.86. The van der Waals surface area contributed by atoms with Crippen molar-refractivity contribution in [3.63, 3.8) is 0 Å². The lowest BCUT2D eigenvalue weighted by atomic mass is 10.0. The van der Waals surface area contributed by atoms with Crippen LogP contribution < -0.4 is 11.1 Å². The van der Waals surface area contributed by atoms with Crippen LogP contribution in [0.25, 0.3) is 11.1 Å². The number of aliphatic carboxylic acids is 1. The number of carbonyl (C=O) groups excluding carboxylic acids is 1. The van der Waals surface area contributed by atoms with Crippen molar-refractivity contribution in [1.29, 1.82) is 0 Å². The number of rotatable bonds is 7. The number of hydrogen-bond acceptors (Lipinski definition) is 3. The van der Waals surface area contributed by atoms with Crippen molar-refractivity contribution in [2.24, 2.45) is 5.73 Å². The highest BCUT2D eigenvalue weighted by Gasteiger charge is 2.18. The Morgan fingerprint density at radius 3 is 2.39 bits per heavy atom. The van der Waals surface area contributed by atoms with Gasteiger partial charge in [0, 0.05) is 5.02 Å². The highest BCUT2D eigenvalue weighted by atomic mass is 35.5. The fourth-order valence-electron chi connectivity index (χ4n) is 2.21. The van der Waals surface area contributed by atoms with Gasteiger partial charge < -0.3 is 10.8 Å². The molecule has 4 N–H and O–H groups in total. The third-order valence-corrected chi connectivity index (χ3v) is 3.61. The summed E-state index contributed by atoms with van der Waals surface area (Å²) in [6, 6.07) is 14.2. The first-order chi connectivity index (χ1) is 11.0. The molecular weight excluding hydrogens is 316 g/mol. The molecule has 0 heterocycles. The van der Waals surface area contributed by atoms with Crippen LogP contribution in [-0.4, -0.2) is 29.6 Å². The zero-order chi connectivity index (χ0) is 16.8. The maximum absolute atomic E-state index is 11.2. The van der Waals surface area contributed by atoms with Crippen LogP contribution in [0.1, 0.15) is 5.56 Å². The van der Waals surface area contributed by atoms with Crippen LogP contribution in [0.4, 0.5) is 0 Å². The number of carboxylic acid groups (broad SMARTS) is 1. The zero-order valence-electron chi connectivity index (χ0n) is 12.3. The second-order valence-corrected chi connectivity index (χ2v) is 5.59. The first-order valence-electron chi connectivity index (χ1n) is 7.05. The molecule has 120 valence electrons. The zero-order valence-corrected chi connectivity index (χ0v) is 13.1. The van der Waals surface area contributed by atoms with Crippen molar-refractivity contribution >= 4 is 23.5 Å². The molecule has 6 heteroatoms. The van der Waals surface area contributed by atoms with Gasteiger partial charge in [-0.25, -0.2) is 0 Å². The Kier molecular flexibility index (Phi) is 5.73. The van der Waals surface area contributed by atoms with E-state index >= 15 is 0 Å². The summed E-state index contributed by atoms with van der Waals surface area (Å²) >= 11 is 5.98. The maximum Gasteiger partial charge on any atom is 0.321 e. The largest absolute Gasteiger partial charge is 0.480 e. The van der Waals surface area contributed by atoms with Gasteiger partial charge in [-0.2, -0.15) is 0 Å². The van der Waals surface area contributed by atoms with Gasteiger partial charge in [0.25, 0.3) is 0 Å². The molecule has 23 heavy (non-hydrogen) atoms. The quantitative estimate of drug-likeness (QED) is 0.723. The summed E-state index contributed by atoms with van der Waals surface area (Å²) in [5.74, 6) is -1.61. The van der Waals surface area contributed by atoms with E-state index in [4.69, 9.17) is 17.3 Å². The predicted octanol–water partition coefficient (Wildman–Crippen LogP) is 2.08. The summed E-state index contributed by atoms with van der Waals surface area (Å²) in [6.07, 6.45) is 0.262. The Bertz CT molecular complexity index is 701. The number of nitrogens with one attached hydrogen (secondary N) is 1. The third-order valence-electron chi connectivity index (χ3n) is 3.37. The molecule has 0 bridgehead atoms.